The topological polar surface area (TPSA) is 17.8 Å². The molecule has 2 aromatic rings. The molecule has 0 spiro atoms. The van der Waals surface area contributed by atoms with Crippen molar-refractivity contribution in [2.24, 2.45) is 5.92 Å². The highest BCUT2D eigenvalue weighted by Gasteiger charge is 2.18. The standard InChI is InChI=1S/C19H24Cl2N2S/c20-16-7-8-17(18(21)12-16)19(13-23-10-9-22-14-23)24-11-3-6-15-4-1-2-5-15/h7-10,12,14-15,19H,1-6,11,13H2. The van der Waals surface area contributed by atoms with Crippen LogP contribution >= 0.6 is 35.0 Å². The van der Waals surface area contributed by atoms with Crippen LogP contribution in [0.1, 0.15) is 49.3 Å². The molecule has 0 N–H and O–H groups in total. The molecule has 1 heterocycles. The van der Waals surface area contributed by atoms with E-state index in [0.717, 1.165) is 17.5 Å². The predicted molar refractivity (Wildman–Crippen MR) is 105 cm³/mol. The fourth-order valence-electron chi connectivity index (χ4n) is 3.49. The van der Waals surface area contributed by atoms with E-state index in [1.807, 2.05) is 42.6 Å². The number of aromatic nitrogens is 2. The Balaban J connectivity index is 1.60. The summed E-state index contributed by atoms with van der Waals surface area (Å²) in [6.45, 7) is 0.884. The minimum absolute atomic E-state index is 0.326. The SMILES string of the molecule is Clc1ccc(C(Cn2ccnc2)SCCCC2CCCC2)c(Cl)c1. The summed E-state index contributed by atoms with van der Waals surface area (Å²) in [5.74, 6) is 2.14. The summed E-state index contributed by atoms with van der Waals surface area (Å²) in [5, 5.41) is 1.78. The Hall–Kier alpha value is -0.640. The van der Waals surface area contributed by atoms with Crippen molar-refractivity contribution >= 4 is 35.0 Å². The van der Waals surface area contributed by atoms with Gasteiger partial charge >= 0.3 is 0 Å². The monoisotopic (exact) mass is 382 g/mol. The van der Waals surface area contributed by atoms with E-state index in [2.05, 4.69) is 15.6 Å². The lowest BCUT2D eigenvalue weighted by Gasteiger charge is -2.19. The lowest BCUT2D eigenvalue weighted by Crippen LogP contribution is -2.07. The third-order valence-electron chi connectivity index (χ3n) is 4.80. The maximum atomic E-state index is 6.46. The largest absolute Gasteiger partial charge is 0.336 e. The van der Waals surface area contributed by atoms with Crippen molar-refractivity contribution in [1.29, 1.82) is 0 Å². The maximum absolute atomic E-state index is 6.46. The third kappa shape index (κ3) is 5.18. The molecule has 24 heavy (non-hydrogen) atoms. The van der Waals surface area contributed by atoms with Crippen molar-refractivity contribution < 1.29 is 0 Å². The van der Waals surface area contributed by atoms with E-state index in [4.69, 9.17) is 23.2 Å². The predicted octanol–water partition coefficient (Wildman–Crippen LogP) is 6.63. The van der Waals surface area contributed by atoms with Gasteiger partial charge in [0.15, 0.2) is 0 Å². The van der Waals surface area contributed by atoms with Gasteiger partial charge in [0, 0.05) is 34.2 Å². The smallest absolute Gasteiger partial charge is 0.0946 e. The van der Waals surface area contributed by atoms with Crippen LogP contribution in [0, 0.1) is 5.92 Å². The summed E-state index contributed by atoms with van der Waals surface area (Å²) >= 11 is 14.5. The van der Waals surface area contributed by atoms with Crippen LogP contribution in [0.3, 0.4) is 0 Å². The van der Waals surface area contributed by atoms with Gasteiger partial charge in [-0.15, -0.1) is 0 Å². The molecule has 3 rings (SSSR count). The Labute approximate surface area is 159 Å². The minimum Gasteiger partial charge on any atom is -0.336 e. The number of imidazole rings is 1. The van der Waals surface area contributed by atoms with Crippen LogP contribution in [0.15, 0.2) is 36.9 Å². The number of rotatable bonds is 8. The van der Waals surface area contributed by atoms with Crippen molar-refractivity contribution in [3.05, 3.63) is 52.5 Å². The van der Waals surface area contributed by atoms with Crippen LogP contribution in [-0.2, 0) is 6.54 Å². The summed E-state index contributed by atoms with van der Waals surface area (Å²) in [6, 6.07) is 5.84. The molecule has 0 radical (unpaired) electrons. The van der Waals surface area contributed by atoms with Gasteiger partial charge in [-0.05, 0) is 42.2 Å². The summed E-state index contributed by atoms with van der Waals surface area (Å²) < 4.78 is 2.12. The number of thioether (sulfide) groups is 1. The lowest BCUT2D eigenvalue weighted by molar-refractivity contribution is 0.498. The zero-order chi connectivity index (χ0) is 16.8. The molecule has 1 aliphatic rings. The molecule has 0 saturated heterocycles. The van der Waals surface area contributed by atoms with E-state index in [1.165, 1.54) is 49.8 Å². The Kier molecular flexibility index (Phi) is 6.94. The first-order valence-corrected chi connectivity index (χ1v) is 10.5. The average Bonchev–Trinajstić information content (AvgIpc) is 3.24. The first-order chi connectivity index (χ1) is 11.7. The molecule has 2 nitrogen and oxygen atoms in total. The number of benzene rings is 1. The van der Waals surface area contributed by atoms with Gasteiger partial charge in [-0.3, -0.25) is 0 Å². The van der Waals surface area contributed by atoms with Gasteiger partial charge < -0.3 is 4.57 Å². The molecule has 130 valence electrons. The molecule has 1 aromatic heterocycles. The molecule has 0 aliphatic heterocycles. The van der Waals surface area contributed by atoms with Crippen molar-refractivity contribution in [3.8, 4) is 0 Å². The third-order valence-corrected chi connectivity index (χ3v) is 6.69. The molecule has 1 aromatic carbocycles. The average molecular weight is 383 g/mol. The normalized spacial score (nSPS) is 16.6. The quantitative estimate of drug-likeness (QED) is 0.476. The van der Waals surface area contributed by atoms with E-state index >= 15 is 0 Å². The van der Waals surface area contributed by atoms with Gasteiger partial charge in [-0.2, -0.15) is 11.8 Å². The van der Waals surface area contributed by atoms with Crippen molar-refractivity contribution in [3.63, 3.8) is 0 Å². The first-order valence-electron chi connectivity index (χ1n) is 8.74. The van der Waals surface area contributed by atoms with Crippen LogP contribution in [0.4, 0.5) is 0 Å². The molecule has 1 atom stereocenters. The highest BCUT2D eigenvalue weighted by Crippen LogP contribution is 2.37. The first kappa shape index (κ1) is 18.2. The summed E-state index contributed by atoms with van der Waals surface area (Å²) in [6.07, 6.45) is 14.1. The fraction of sp³-hybridized carbons (Fsp3) is 0.526. The number of hydrogen-bond acceptors (Lipinski definition) is 2. The second-order valence-electron chi connectivity index (χ2n) is 6.58. The van der Waals surface area contributed by atoms with Crippen LogP contribution in [0.25, 0.3) is 0 Å². The zero-order valence-electron chi connectivity index (χ0n) is 13.8. The Morgan fingerprint density at radius 3 is 2.79 bits per heavy atom. The van der Waals surface area contributed by atoms with Gasteiger partial charge in [0.2, 0.25) is 0 Å². The van der Waals surface area contributed by atoms with E-state index in [0.29, 0.717) is 10.3 Å². The number of halogens is 2. The molecule has 1 aliphatic carbocycles. The molecular formula is C19H24Cl2N2S. The molecule has 5 heteroatoms. The van der Waals surface area contributed by atoms with E-state index in [1.54, 1.807) is 0 Å². The number of hydrogen-bond donors (Lipinski definition) is 0. The van der Waals surface area contributed by atoms with Gasteiger partial charge in [-0.1, -0.05) is 55.0 Å². The minimum atomic E-state index is 0.326. The zero-order valence-corrected chi connectivity index (χ0v) is 16.2. The van der Waals surface area contributed by atoms with Crippen LogP contribution in [-0.4, -0.2) is 15.3 Å². The number of nitrogens with zero attached hydrogens (tertiary/aromatic N) is 2. The summed E-state index contributed by atoms with van der Waals surface area (Å²) in [4.78, 5) is 4.15. The van der Waals surface area contributed by atoms with Gasteiger partial charge in [0.1, 0.15) is 0 Å². The van der Waals surface area contributed by atoms with E-state index in [-0.39, 0.29) is 0 Å². The van der Waals surface area contributed by atoms with Crippen LogP contribution < -0.4 is 0 Å². The maximum Gasteiger partial charge on any atom is 0.0946 e. The van der Waals surface area contributed by atoms with E-state index in [9.17, 15) is 0 Å². The second-order valence-corrected chi connectivity index (χ2v) is 8.73. The molecular weight excluding hydrogens is 359 g/mol. The highest BCUT2D eigenvalue weighted by molar-refractivity contribution is 7.99. The highest BCUT2D eigenvalue weighted by atomic mass is 35.5. The molecule has 0 bridgehead atoms. The van der Waals surface area contributed by atoms with Gasteiger partial charge in [0.05, 0.1) is 6.33 Å². The van der Waals surface area contributed by atoms with Crippen molar-refractivity contribution in [2.75, 3.05) is 5.75 Å². The second kappa shape index (κ2) is 9.17. The molecule has 1 unspecified atom stereocenters. The van der Waals surface area contributed by atoms with Crippen molar-refractivity contribution in [1.82, 2.24) is 9.55 Å². The molecule has 1 fully saturated rings. The molecule has 0 amide bonds. The van der Waals surface area contributed by atoms with Crippen LogP contribution in [0.2, 0.25) is 10.0 Å². The Morgan fingerprint density at radius 2 is 2.08 bits per heavy atom. The summed E-state index contributed by atoms with van der Waals surface area (Å²) in [7, 11) is 0. The summed E-state index contributed by atoms with van der Waals surface area (Å²) in [5.41, 5.74) is 1.17. The van der Waals surface area contributed by atoms with Crippen molar-refractivity contribution in [2.45, 2.75) is 50.3 Å². The van der Waals surface area contributed by atoms with Gasteiger partial charge in [0.25, 0.3) is 0 Å². The van der Waals surface area contributed by atoms with Gasteiger partial charge in [-0.25, -0.2) is 4.98 Å². The van der Waals surface area contributed by atoms with E-state index < -0.39 is 0 Å². The lowest BCUT2D eigenvalue weighted by atomic mass is 10.0. The van der Waals surface area contributed by atoms with Crippen LogP contribution in [0.5, 0.6) is 0 Å². The fourth-order valence-corrected chi connectivity index (χ4v) is 5.37. The Bertz CT molecular complexity index is 624. The molecule has 1 saturated carbocycles. The Morgan fingerprint density at radius 1 is 1.25 bits per heavy atom.